The van der Waals surface area contributed by atoms with Gasteiger partial charge in [0.25, 0.3) is 0 Å². The van der Waals surface area contributed by atoms with Crippen molar-refractivity contribution in [1.82, 2.24) is 38.0 Å². The zero-order valence-electron chi connectivity index (χ0n) is 74.6. The van der Waals surface area contributed by atoms with Gasteiger partial charge in [0.15, 0.2) is 11.6 Å². The molecule has 7 amide bonds. The minimum Gasteiger partial charge on any atom is -0.460 e. The number of amidine groups is 7. The summed E-state index contributed by atoms with van der Waals surface area (Å²) in [5.41, 5.74) is 53.5. The summed E-state index contributed by atoms with van der Waals surface area (Å²) in [5.74, 6) is -15.7. The highest BCUT2D eigenvalue weighted by Gasteiger charge is 2.23. The number of benzene rings is 5. The molecule has 7 rings (SSSR count). The van der Waals surface area contributed by atoms with Crippen LogP contribution in [0.3, 0.4) is 0 Å². The number of halogens is 5. The van der Waals surface area contributed by atoms with E-state index < -0.39 is 125 Å². The lowest BCUT2D eigenvalue weighted by Gasteiger charge is -2.20. The van der Waals surface area contributed by atoms with Crippen LogP contribution in [0.1, 0.15) is 153 Å². The molecule has 1 saturated heterocycles. The van der Waals surface area contributed by atoms with Crippen LogP contribution in [0.2, 0.25) is 0 Å². The molecule has 2 fully saturated rings. The van der Waals surface area contributed by atoms with Crippen LogP contribution in [0.4, 0.5) is 22.0 Å². The number of hydrazone groups is 7. The summed E-state index contributed by atoms with van der Waals surface area (Å²) in [6, 6.07) is 31.4. The van der Waals surface area contributed by atoms with Crippen LogP contribution in [0, 0.1) is 40.9 Å². The van der Waals surface area contributed by atoms with Gasteiger partial charge in [-0.25, -0.2) is 93.5 Å². The Labute approximate surface area is 762 Å². The summed E-state index contributed by atoms with van der Waals surface area (Å²) in [5, 5.41) is 23.9. The van der Waals surface area contributed by atoms with Crippen molar-refractivity contribution in [1.29, 1.82) is 0 Å². The van der Waals surface area contributed by atoms with Gasteiger partial charge in [-0.2, -0.15) is 0 Å². The smallest absolute Gasteiger partial charge is 0.375 e. The van der Waals surface area contributed by atoms with Crippen molar-refractivity contribution in [2.75, 3.05) is 59.5 Å². The molecule has 1 saturated carbocycles. The lowest BCUT2D eigenvalue weighted by Crippen LogP contribution is -2.32. The van der Waals surface area contributed by atoms with Gasteiger partial charge in [0.1, 0.15) is 17.5 Å². The lowest BCUT2D eigenvalue weighted by molar-refractivity contribution is -0.136. The molecule has 0 radical (unpaired) electrons. The number of nitrogens with two attached hydrogens (primary N) is 7. The highest BCUT2D eigenvalue weighted by atomic mass is 19.2. The van der Waals surface area contributed by atoms with Crippen molar-refractivity contribution in [3.8, 4) is 0 Å². The maximum atomic E-state index is 13.3. The molecule has 2 unspecified atom stereocenters. The SMILES string of the molecule is CCOC(=O)C(N)=NNC(=O)C(C)c1ccccc1.CCOC(=O)C(N)=NNC(=O)CC1CCCOC1.CCOC(=O)C(N)=NNC(=O)CCC1CCCC1.CCOC(=O)C(N)=NNC(=O)CCc1ccccc1.CCOC(=O)C(N)=NNC(=O)Cc1c(F)cccc1F.CCOC(=O)C(N)=NNC(=O)Cc1cccc(F)c1F.CCOC(=O)C(N)=NNC(=O)Cc1ccccc1F. The topological polar surface area (TPSA) is 666 Å². The van der Waals surface area contributed by atoms with E-state index in [9.17, 15) is 89.1 Å². The van der Waals surface area contributed by atoms with Crippen molar-refractivity contribution in [2.45, 2.75) is 151 Å². The molecule has 5 aromatic rings. The molecule has 21 N–H and O–H groups in total. The van der Waals surface area contributed by atoms with Crippen molar-refractivity contribution in [2.24, 2.45) is 87.7 Å². The first-order valence-electron chi connectivity index (χ1n) is 41.2. The third-order valence-corrected chi connectivity index (χ3v) is 16.7. The van der Waals surface area contributed by atoms with E-state index in [2.05, 4.69) is 96.0 Å². The van der Waals surface area contributed by atoms with E-state index >= 15 is 0 Å². The average molecular weight is 1880 g/mol. The second-order valence-electron chi connectivity index (χ2n) is 26.8. The van der Waals surface area contributed by atoms with Crippen LogP contribution >= 0.6 is 0 Å². The van der Waals surface area contributed by atoms with Gasteiger partial charge < -0.3 is 78.0 Å². The average Bonchev–Trinajstić information content (AvgIpc) is 1.44. The molecular weight excluding hydrogens is 1760 g/mol. The van der Waals surface area contributed by atoms with Gasteiger partial charge in [0, 0.05) is 43.6 Å². The van der Waals surface area contributed by atoms with Gasteiger partial charge in [0.05, 0.1) is 71.4 Å². The van der Waals surface area contributed by atoms with Gasteiger partial charge in [-0.3, -0.25) is 33.6 Å². The van der Waals surface area contributed by atoms with Gasteiger partial charge >= 0.3 is 41.8 Å². The Bertz CT molecular complexity index is 4810. The van der Waals surface area contributed by atoms with E-state index in [0.717, 1.165) is 55.2 Å². The molecule has 1 aliphatic carbocycles. The number of amides is 7. The summed E-state index contributed by atoms with van der Waals surface area (Å²) >= 11 is 0. The maximum Gasteiger partial charge on any atom is 0.375 e. The van der Waals surface area contributed by atoms with Crippen molar-refractivity contribution >= 4 is 124 Å². The number of nitrogens with one attached hydrogen (secondary N) is 7. The number of hydrogen-bond acceptors (Lipinski definition) is 29. The molecule has 0 aromatic heterocycles. The largest absolute Gasteiger partial charge is 0.460 e. The predicted octanol–water partition coefficient (Wildman–Crippen LogP) is 3.21. The Morgan fingerprint density at radius 3 is 1.08 bits per heavy atom. The third kappa shape index (κ3) is 51.4. The molecule has 1 heterocycles. The normalized spacial score (nSPS) is 13.2. The molecule has 2 atom stereocenters. The Hall–Kier alpha value is -15.4. The van der Waals surface area contributed by atoms with E-state index in [0.29, 0.717) is 31.8 Å². The molecule has 1 aliphatic heterocycles. The molecule has 0 bridgehead atoms. The van der Waals surface area contributed by atoms with E-state index in [1.807, 2.05) is 71.5 Å². The molecular formula is C85H114F5N21O22. The Balaban J connectivity index is 0.000000776. The fourth-order valence-electron chi connectivity index (χ4n) is 10.2. The minimum atomic E-state index is -1.11. The predicted molar refractivity (Wildman–Crippen MR) is 474 cm³/mol. The summed E-state index contributed by atoms with van der Waals surface area (Å²) < 4.78 is 103. The van der Waals surface area contributed by atoms with Gasteiger partial charge in [0.2, 0.25) is 82.2 Å². The van der Waals surface area contributed by atoms with E-state index in [4.69, 9.17) is 44.9 Å². The van der Waals surface area contributed by atoms with Crippen LogP contribution in [-0.2, 0) is 131 Å². The fraction of sp³-hybridized carbons (Fsp3) is 0.400. The molecule has 43 nitrogen and oxygen atoms in total. The number of aryl methyl sites for hydroxylation is 1. The van der Waals surface area contributed by atoms with Crippen LogP contribution in [-0.4, -0.2) is 183 Å². The number of hydrogen-bond donors (Lipinski definition) is 14. The second-order valence-corrected chi connectivity index (χ2v) is 26.8. The number of carbonyl (C=O) groups excluding carboxylic acids is 14. The number of rotatable bonds is 30. The first-order valence-corrected chi connectivity index (χ1v) is 41.2. The molecule has 0 spiro atoms. The quantitative estimate of drug-likeness (QED) is 0.00783. The first kappa shape index (κ1) is 116. The second kappa shape index (κ2) is 67.8. The number of nitrogens with zero attached hydrogens (tertiary/aromatic N) is 7. The Kier molecular flexibility index (Phi) is 58.9. The fourth-order valence-corrected chi connectivity index (χ4v) is 10.2. The minimum absolute atomic E-state index is 0.101. The Morgan fingerprint density at radius 2 is 0.684 bits per heavy atom. The van der Waals surface area contributed by atoms with Gasteiger partial charge in [-0.1, -0.05) is 123 Å². The molecule has 48 heteroatoms. The highest BCUT2D eigenvalue weighted by Crippen LogP contribution is 2.28. The van der Waals surface area contributed by atoms with Gasteiger partial charge in [-0.05, 0) is 134 Å². The summed E-state index contributed by atoms with van der Waals surface area (Å²) in [7, 11) is 0. The monoisotopic (exact) mass is 1880 g/mol. The van der Waals surface area contributed by atoms with Gasteiger partial charge in [-0.15, -0.1) is 35.7 Å². The standard InChI is InChI=1S/2C13H17N3O3.2C12H13F2N3O3.C12H14FN3O3.C12H21N3O3.C11H19N3O4/c1-3-19-13(18)11(14)15-16-12(17)9(2)10-7-5-4-6-8-10;1-2-19-13(18)12(14)16-15-11(17)9-8-10-6-4-3-5-7-10;1-2-20-12(19)11(15)17-16-10(18)6-7-8(13)4-3-5-9(7)14;1-2-20-12(19)11(15)17-16-9(18)6-7-4-3-5-8(13)10(7)14;1-2-19-12(18)11(14)16-15-10(17)7-8-5-3-4-6-9(8)13;1-2-18-12(17)11(13)15-14-10(16)8-7-9-5-3-4-6-9;1-2-18-11(16)10(12)14-13-9(15)6-8-4-3-5-17-7-8/h4-9H,3H2,1-2H3,(H2,14,15)(H,16,17);3-7H,2,8-9H2,1H3,(H2,14,16)(H,15,17);2*3-5H,2,6H2,1H3,(H2,15,17)(H,16,18);3-6H,2,7H2,1H3,(H2,14,16)(H,15,17);9H,2-8H2,1H3,(H2,13,15)(H,14,16);8H,2-7H2,1H3,(H2,12,14)(H,13,15). The zero-order valence-corrected chi connectivity index (χ0v) is 74.6. The molecule has 2 aliphatic rings. The number of esters is 7. The van der Waals surface area contributed by atoms with Crippen molar-refractivity contribution < 1.29 is 127 Å². The van der Waals surface area contributed by atoms with E-state index in [1.165, 1.54) is 62.1 Å². The first-order chi connectivity index (χ1) is 63.4. The van der Waals surface area contributed by atoms with Crippen molar-refractivity contribution in [3.05, 3.63) is 178 Å². The summed E-state index contributed by atoms with van der Waals surface area (Å²) in [4.78, 5) is 158. The Morgan fingerprint density at radius 1 is 0.361 bits per heavy atom. The third-order valence-electron chi connectivity index (χ3n) is 16.7. The van der Waals surface area contributed by atoms with Crippen LogP contribution in [0.5, 0.6) is 0 Å². The molecule has 133 heavy (non-hydrogen) atoms. The van der Waals surface area contributed by atoms with Crippen molar-refractivity contribution in [3.63, 3.8) is 0 Å². The number of carbonyl (C=O) groups is 14. The number of ether oxygens (including phenoxy) is 8. The zero-order chi connectivity index (χ0) is 99.6. The summed E-state index contributed by atoms with van der Waals surface area (Å²) in [6.07, 6.45) is 8.14. The lowest BCUT2D eigenvalue weighted by atomic mass is 9.98. The highest BCUT2D eigenvalue weighted by molar-refractivity contribution is 6.37. The molecule has 5 aromatic carbocycles. The van der Waals surface area contributed by atoms with E-state index in [-0.39, 0.29) is 129 Å². The van der Waals surface area contributed by atoms with Crippen LogP contribution in [0.15, 0.2) is 157 Å². The maximum absolute atomic E-state index is 13.3. The van der Waals surface area contributed by atoms with Crippen LogP contribution < -0.4 is 78.1 Å². The van der Waals surface area contributed by atoms with Crippen LogP contribution in [0.25, 0.3) is 0 Å². The molecule has 726 valence electrons. The summed E-state index contributed by atoms with van der Waals surface area (Å²) in [6.45, 7) is 15.7. The van der Waals surface area contributed by atoms with E-state index in [1.54, 1.807) is 61.5 Å².